The molecule has 2 aromatic rings. The molecule has 0 saturated heterocycles. The van der Waals surface area contributed by atoms with E-state index in [0.29, 0.717) is 11.3 Å². The number of nitrogens with one attached hydrogen (secondary N) is 2. The van der Waals surface area contributed by atoms with Crippen molar-refractivity contribution in [1.29, 1.82) is 0 Å². The first-order chi connectivity index (χ1) is 13.5. The molecule has 148 valence electrons. The molecule has 1 aliphatic carbocycles. The summed E-state index contributed by atoms with van der Waals surface area (Å²) >= 11 is 0. The standard InChI is InChI=1S/C21H26N4O3/c1-13-7-8-15(10-18(13)22)20(27)24-11-16(26)12-25-21(28)17-6-2-4-14-5-3-9-23-19(14)17/h3,5,7-10,16-17,26H,2,4,6,11-12,22H2,1H3,(H,24,27)(H,25,28). The Morgan fingerprint density at radius 3 is 2.86 bits per heavy atom. The van der Waals surface area contributed by atoms with Crippen molar-refractivity contribution < 1.29 is 14.7 Å². The molecule has 0 bridgehead atoms. The van der Waals surface area contributed by atoms with Crippen molar-refractivity contribution in [3.8, 4) is 0 Å². The molecule has 0 aliphatic heterocycles. The number of nitrogens with two attached hydrogens (primary N) is 1. The average molecular weight is 382 g/mol. The molecule has 0 spiro atoms. The number of benzene rings is 1. The summed E-state index contributed by atoms with van der Waals surface area (Å²) in [7, 11) is 0. The summed E-state index contributed by atoms with van der Waals surface area (Å²) in [5, 5.41) is 15.5. The number of hydrogen-bond acceptors (Lipinski definition) is 5. The van der Waals surface area contributed by atoms with E-state index in [9.17, 15) is 14.7 Å². The number of hydrogen-bond donors (Lipinski definition) is 4. The molecule has 1 aromatic heterocycles. The Labute approximate surface area is 164 Å². The van der Waals surface area contributed by atoms with E-state index in [-0.39, 0.29) is 30.8 Å². The molecule has 3 rings (SSSR count). The Morgan fingerprint density at radius 1 is 1.29 bits per heavy atom. The van der Waals surface area contributed by atoms with Crippen LogP contribution in [0.3, 0.4) is 0 Å². The summed E-state index contributed by atoms with van der Waals surface area (Å²) in [5.74, 6) is -0.749. The highest BCUT2D eigenvalue weighted by atomic mass is 16.3. The smallest absolute Gasteiger partial charge is 0.251 e. The Balaban J connectivity index is 1.48. The lowest BCUT2D eigenvalue weighted by Crippen LogP contribution is -2.42. The lowest BCUT2D eigenvalue weighted by molar-refractivity contribution is -0.123. The number of amides is 2. The number of aliphatic hydroxyl groups excluding tert-OH is 1. The molecule has 2 unspecified atom stereocenters. The average Bonchev–Trinajstić information content (AvgIpc) is 2.71. The van der Waals surface area contributed by atoms with Gasteiger partial charge in [-0.25, -0.2) is 0 Å². The number of nitrogen functional groups attached to an aromatic ring is 1. The summed E-state index contributed by atoms with van der Waals surface area (Å²) < 4.78 is 0. The summed E-state index contributed by atoms with van der Waals surface area (Å²) in [5.41, 5.74) is 9.63. The number of aliphatic hydroxyl groups is 1. The number of anilines is 1. The Bertz CT molecular complexity index is 868. The van der Waals surface area contributed by atoms with Crippen LogP contribution in [0.5, 0.6) is 0 Å². The zero-order valence-corrected chi connectivity index (χ0v) is 15.9. The van der Waals surface area contributed by atoms with Gasteiger partial charge in [-0.15, -0.1) is 0 Å². The van der Waals surface area contributed by atoms with Gasteiger partial charge in [0.15, 0.2) is 0 Å². The molecular formula is C21H26N4O3. The summed E-state index contributed by atoms with van der Waals surface area (Å²) in [6.45, 7) is 1.96. The van der Waals surface area contributed by atoms with Crippen LogP contribution in [-0.2, 0) is 11.2 Å². The van der Waals surface area contributed by atoms with Crippen molar-refractivity contribution in [1.82, 2.24) is 15.6 Å². The topological polar surface area (TPSA) is 117 Å². The normalized spacial score (nSPS) is 16.7. The molecule has 2 atom stereocenters. The van der Waals surface area contributed by atoms with Crippen LogP contribution in [0.15, 0.2) is 36.5 Å². The second-order valence-electron chi connectivity index (χ2n) is 7.17. The van der Waals surface area contributed by atoms with Crippen molar-refractivity contribution in [2.24, 2.45) is 0 Å². The number of aryl methyl sites for hydroxylation is 2. The molecule has 0 radical (unpaired) electrons. The second-order valence-corrected chi connectivity index (χ2v) is 7.17. The van der Waals surface area contributed by atoms with E-state index in [0.717, 1.165) is 36.1 Å². The van der Waals surface area contributed by atoms with Gasteiger partial charge in [0.2, 0.25) is 5.91 Å². The van der Waals surface area contributed by atoms with Crippen molar-refractivity contribution in [3.05, 3.63) is 58.9 Å². The number of rotatable bonds is 6. The van der Waals surface area contributed by atoms with Gasteiger partial charge in [-0.3, -0.25) is 14.6 Å². The fraction of sp³-hybridized carbons (Fsp3) is 0.381. The van der Waals surface area contributed by atoms with Crippen LogP contribution in [0.1, 0.15) is 45.9 Å². The maximum absolute atomic E-state index is 12.5. The van der Waals surface area contributed by atoms with Gasteiger partial charge in [-0.05, 0) is 55.5 Å². The third kappa shape index (κ3) is 4.67. The molecule has 5 N–H and O–H groups in total. The fourth-order valence-electron chi connectivity index (χ4n) is 3.37. The molecule has 1 heterocycles. The summed E-state index contributed by atoms with van der Waals surface area (Å²) in [6.07, 6.45) is 3.44. The minimum absolute atomic E-state index is 0.0341. The van der Waals surface area contributed by atoms with E-state index in [2.05, 4.69) is 15.6 Å². The third-order valence-corrected chi connectivity index (χ3v) is 5.06. The Hall–Kier alpha value is -2.93. The monoisotopic (exact) mass is 382 g/mol. The molecule has 7 heteroatoms. The van der Waals surface area contributed by atoms with E-state index in [1.54, 1.807) is 24.4 Å². The van der Waals surface area contributed by atoms with Crippen LogP contribution >= 0.6 is 0 Å². The lowest BCUT2D eigenvalue weighted by atomic mass is 9.86. The van der Waals surface area contributed by atoms with E-state index in [1.807, 2.05) is 19.1 Å². The van der Waals surface area contributed by atoms with Crippen LogP contribution in [-0.4, -0.2) is 41.1 Å². The Kier molecular flexibility index (Phi) is 6.26. The van der Waals surface area contributed by atoms with Gasteiger partial charge in [0.05, 0.1) is 17.7 Å². The van der Waals surface area contributed by atoms with Gasteiger partial charge in [0.25, 0.3) is 5.91 Å². The lowest BCUT2D eigenvalue weighted by Gasteiger charge is -2.24. The maximum Gasteiger partial charge on any atom is 0.251 e. The number of aromatic nitrogens is 1. The third-order valence-electron chi connectivity index (χ3n) is 5.06. The molecule has 1 aliphatic rings. The van der Waals surface area contributed by atoms with Crippen LogP contribution in [0.2, 0.25) is 0 Å². The van der Waals surface area contributed by atoms with Crippen molar-refractivity contribution >= 4 is 17.5 Å². The molecule has 2 amide bonds. The number of pyridine rings is 1. The molecule has 28 heavy (non-hydrogen) atoms. The molecular weight excluding hydrogens is 356 g/mol. The van der Waals surface area contributed by atoms with Gasteiger partial charge < -0.3 is 21.5 Å². The van der Waals surface area contributed by atoms with Crippen LogP contribution in [0.25, 0.3) is 0 Å². The molecule has 0 saturated carbocycles. The minimum atomic E-state index is -0.887. The van der Waals surface area contributed by atoms with E-state index >= 15 is 0 Å². The van der Waals surface area contributed by atoms with Crippen LogP contribution in [0, 0.1) is 6.92 Å². The zero-order chi connectivity index (χ0) is 20.1. The minimum Gasteiger partial charge on any atom is -0.398 e. The molecule has 1 aromatic carbocycles. The first-order valence-electron chi connectivity index (χ1n) is 9.49. The zero-order valence-electron chi connectivity index (χ0n) is 15.9. The van der Waals surface area contributed by atoms with Gasteiger partial charge in [0.1, 0.15) is 0 Å². The number of carbonyl (C=O) groups excluding carboxylic acids is 2. The first kappa shape index (κ1) is 19.8. The van der Waals surface area contributed by atoms with Crippen molar-refractivity contribution in [2.45, 2.75) is 38.2 Å². The van der Waals surface area contributed by atoms with Gasteiger partial charge in [0, 0.05) is 30.5 Å². The highest BCUT2D eigenvalue weighted by molar-refractivity contribution is 5.95. The summed E-state index contributed by atoms with van der Waals surface area (Å²) in [6, 6.07) is 8.95. The largest absolute Gasteiger partial charge is 0.398 e. The molecule has 0 fully saturated rings. The van der Waals surface area contributed by atoms with E-state index < -0.39 is 6.10 Å². The predicted octanol–water partition coefficient (Wildman–Crippen LogP) is 1.30. The van der Waals surface area contributed by atoms with E-state index in [4.69, 9.17) is 5.73 Å². The first-order valence-corrected chi connectivity index (χ1v) is 9.49. The quantitative estimate of drug-likeness (QED) is 0.562. The highest BCUT2D eigenvalue weighted by Gasteiger charge is 2.27. The SMILES string of the molecule is Cc1ccc(C(=O)NCC(O)CNC(=O)C2CCCc3cccnc32)cc1N. The van der Waals surface area contributed by atoms with Crippen LogP contribution in [0.4, 0.5) is 5.69 Å². The Morgan fingerprint density at radius 2 is 2.07 bits per heavy atom. The van der Waals surface area contributed by atoms with Gasteiger partial charge in [-0.2, -0.15) is 0 Å². The fourth-order valence-corrected chi connectivity index (χ4v) is 3.37. The van der Waals surface area contributed by atoms with Crippen molar-refractivity contribution in [3.63, 3.8) is 0 Å². The number of fused-ring (bicyclic) bond motifs is 1. The van der Waals surface area contributed by atoms with Crippen molar-refractivity contribution in [2.75, 3.05) is 18.8 Å². The van der Waals surface area contributed by atoms with Gasteiger partial charge in [-0.1, -0.05) is 12.1 Å². The summed E-state index contributed by atoms with van der Waals surface area (Å²) in [4.78, 5) is 29.1. The number of carbonyl (C=O) groups is 2. The predicted molar refractivity (Wildman–Crippen MR) is 107 cm³/mol. The number of nitrogens with zero attached hydrogens (tertiary/aromatic N) is 1. The highest BCUT2D eigenvalue weighted by Crippen LogP contribution is 2.29. The maximum atomic E-state index is 12.5. The van der Waals surface area contributed by atoms with Gasteiger partial charge >= 0.3 is 0 Å². The molecule has 7 nitrogen and oxygen atoms in total. The van der Waals surface area contributed by atoms with E-state index in [1.165, 1.54) is 0 Å². The second kappa shape index (κ2) is 8.84. The van der Waals surface area contributed by atoms with Crippen LogP contribution < -0.4 is 16.4 Å².